The number of fused-ring (bicyclic) bond motifs is 1. The Kier molecular flexibility index (Phi) is 7.99. The molecule has 37 heavy (non-hydrogen) atoms. The maximum absolute atomic E-state index is 12.9. The van der Waals surface area contributed by atoms with Crippen molar-refractivity contribution in [2.75, 3.05) is 39.3 Å². The van der Waals surface area contributed by atoms with Crippen molar-refractivity contribution in [1.82, 2.24) is 20.1 Å². The summed E-state index contributed by atoms with van der Waals surface area (Å²) in [5, 5.41) is 18.1. The highest BCUT2D eigenvalue weighted by molar-refractivity contribution is 7.15. The molecule has 0 bridgehead atoms. The van der Waals surface area contributed by atoms with Gasteiger partial charge < -0.3 is 19.7 Å². The van der Waals surface area contributed by atoms with E-state index in [4.69, 9.17) is 9.40 Å². The van der Waals surface area contributed by atoms with Crippen LogP contribution in [0.3, 0.4) is 0 Å². The van der Waals surface area contributed by atoms with Crippen LogP contribution in [-0.2, 0) is 4.79 Å². The number of thiazole rings is 1. The number of hydrogen-bond donors (Lipinski definition) is 2. The summed E-state index contributed by atoms with van der Waals surface area (Å²) in [6.45, 7) is 6.61. The molecular formula is C27H30N4O4S2. The van der Waals surface area contributed by atoms with Gasteiger partial charge in [0.25, 0.3) is 5.91 Å². The van der Waals surface area contributed by atoms with Gasteiger partial charge >= 0.3 is 5.97 Å². The van der Waals surface area contributed by atoms with Crippen LogP contribution in [0, 0.1) is 0 Å². The summed E-state index contributed by atoms with van der Waals surface area (Å²) in [6, 6.07) is 11.4. The van der Waals surface area contributed by atoms with E-state index >= 15 is 0 Å². The summed E-state index contributed by atoms with van der Waals surface area (Å²) in [5.74, 6) is -0.100. The van der Waals surface area contributed by atoms with Crippen molar-refractivity contribution >= 4 is 45.5 Å². The number of furan rings is 1. The van der Waals surface area contributed by atoms with Crippen LogP contribution < -0.4 is 5.32 Å². The highest BCUT2D eigenvalue weighted by Gasteiger charge is 2.27. The molecule has 2 N–H and O–H groups in total. The molecule has 0 radical (unpaired) electrons. The number of nitrogens with zero attached hydrogens (tertiary/aromatic N) is 3. The molecule has 1 amide bonds. The molecule has 3 aromatic heterocycles. The van der Waals surface area contributed by atoms with Gasteiger partial charge in [-0.15, -0.1) is 22.7 Å². The van der Waals surface area contributed by atoms with Gasteiger partial charge in [0.2, 0.25) is 0 Å². The molecule has 10 heteroatoms. The first-order chi connectivity index (χ1) is 18.0. The Bertz CT molecular complexity index is 1340. The predicted molar refractivity (Wildman–Crippen MR) is 147 cm³/mol. The first-order valence-electron chi connectivity index (χ1n) is 12.5. The standard InChI is InChI=1S/C27H30N4O4S2/c1-2-21(27(33)34)31-13-11-30(12-14-31)10-5-9-28-25(32)24-19(8-15-36-24)26-29-20(17-37-26)23-16-18-6-3-4-7-22(18)35-23/h3-4,6-8,15-17,21H,2,5,9-14H2,1H3,(H,28,32)(H,33,34). The first-order valence-corrected chi connectivity index (χ1v) is 14.3. The summed E-state index contributed by atoms with van der Waals surface area (Å²) in [6.07, 6.45) is 1.46. The number of benzene rings is 1. The summed E-state index contributed by atoms with van der Waals surface area (Å²) in [4.78, 5) is 34.2. The summed E-state index contributed by atoms with van der Waals surface area (Å²) < 4.78 is 5.95. The van der Waals surface area contributed by atoms with Gasteiger partial charge in [-0.3, -0.25) is 14.5 Å². The third kappa shape index (κ3) is 5.77. The van der Waals surface area contributed by atoms with Gasteiger partial charge in [-0.2, -0.15) is 0 Å². The highest BCUT2D eigenvalue weighted by atomic mass is 32.1. The number of thiophene rings is 1. The molecular weight excluding hydrogens is 508 g/mol. The van der Waals surface area contributed by atoms with Gasteiger partial charge in [0.15, 0.2) is 5.76 Å². The second-order valence-electron chi connectivity index (χ2n) is 9.10. The largest absolute Gasteiger partial charge is 0.480 e. The second-order valence-corrected chi connectivity index (χ2v) is 10.9. The van der Waals surface area contributed by atoms with Gasteiger partial charge in [-0.1, -0.05) is 25.1 Å². The first kappa shape index (κ1) is 25.6. The minimum atomic E-state index is -0.741. The zero-order valence-electron chi connectivity index (χ0n) is 20.7. The minimum Gasteiger partial charge on any atom is -0.480 e. The molecule has 5 rings (SSSR count). The zero-order valence-corrected chi connectivity index (χ0v) is 22.3. The SMILES string of the molecule is CCC(C(=O)O)N1CCN(CCCNC(=O)c2sccc2-c2nc(-c3cc4ccccc4o3)cs2)CC1. The van der Waals surface area contributed by atoms with Gasteiger partial charge in [0, 0.05) is 49.1 Å². The number of carbonyl (C=O) groups excluding carboxylic acids is 1. The van der Waals surface area contributed by atoms with Crippen molar-refractivity contribution in [3.8, 4) is 22.0 Å². The third-order valence-corrected chi connectivity index (χ3v) is 8.53. The fourth-order valence-corrected chi connectivity index (χ4v) is 6.46. The lowest BCUT2D eigenvalue weighted by atomic mass is 10.1. The molecule has 8 nitrogen and oxygen atoms in total. The lowest BCUT2D eigenvalue weighted by Crippen LogP contribution is -2.52. The molecule has 1 fully saturated rings. The van der Waals surface area contributed by atoms with E-state index in [1.807, 2.05) is 54.1 Å². The number of amides is 1. The number of aliphatic carboxylic acids is 1. The van der Waals surface area contributed by atoms with Gasteiger partial charge in [0.1, 0.15) is 27.2 Å². The molecule has 194 valence electrons. The van der Waals surface area contributed by atoms with E-state index in [0.717, 1.165) is 72.1 Å². The number of aromatic nitrogens is 1. The van der Waals surface area contributed by atoms with Crippen LogP contribution in [0.1, 0.15) is 29.4 Å². The van der Waals surface area contributed by atoms with Crippen LogP contribution in [-0.4, -0.2) is 77.1 Å². The molecule has 1 unspecified atom stereocenters. The van der Waals surface area contributed by atoms with E-state index in [0.29, 0.717) is 17.8 Å². The molecule has 1 aliphatic heterocycles. The normalized spacial score (nSPS) is 15.7. The fourth-order valence-electron chi connectivity index (χ4n) is 4.74. The number of carbonyl (C=O) groups is 2. The van der Waals surface area contributed by atoms with E-state index in [1.54, 1.807) is 0 Å². The van der Waals surface area contributed by atoms with E-state index < -0.39 is 12.0 Å². The van der Waals surface area contributed by atoms with Gasteiger partial charge in [-0.25, -0.2) is 4.98 Å². The Morgan fingerprint density at radius 1 is 1.16 bits per heavy atom. The molecule has 1 saturated heterocycles. The second kappa shape index (κ2) is 11.6. The number of piperazine rings is 1. The van der Waals surface area contributed by atoms with Crippen molar-refractivity contribution in [1.29, 1.82) is 0 Å². The average molecular weight is 539 g/mol. The average Bonchev–Trinajstić information content (AvgIpc) is 3.66. The van der Waals surface area contributed by atoms with E-state index in [2.05, 4.69) is 15.1 Å². The van der Waals surface area contributed by atoms with E-state index in [9.17, 15) is 14.7 Å². The van der Waals surface area contributed by atoms with Crippen molar-refractivity contribution < 1.29 is 19.1 Å². The van der Waals surface area contributed by atoms with Gasteiger partial charge in [-0.05, 0) is 43.0 Å². The highest BCUT2D eigenvalue weighted by Crippen LogP contribution is 2.35. The van der Waals surface area contributed by atoms with Crippen molar-refractivity contribution in [3.05, 3.63) is 52.0 Å². The number of carboxylic acids is 1. The number of rotatable bonds is 10. The van der Waals surface area contributed by atoms with Crippen molar-refractivity contribution in [2.24, 2.45) is 0 Å². The Morgan fingerprint density at radius 2 is 1.97 bits per heavy atom. The molecule has 0 spiro atoms. The Morgan fingerprint density at radius 3 is 2.73 bits per heavy atom. The summed E-state index contributed by atoms with van der Waals surface area (Å²) in [5.41, 5.74) is 2.44. The lowest BCUT2D eigenvalue weighted by Gasteiger charge is -2.37. The van der Waals surface area contributed by atoms with Crippen LogP contribution in [0.2, 0.25) is 0 Å². The minimum absolute atomic E-state index is 0.0810. The van der Waals surface area contributed by atoms with Crippen molar-refractivity contribution in [2.45, 2.75) is 25.8 Å². The predicted octanol–water partition coefficient (Wildman–Crippen LogP) is 4.89. The quantitative estimate of drug-likeness (QED) is 0.278. The monoisotopic (exact) mass is 538 g/mol. The maximum atomic E-state index is 12.9. The number of para-hydroxylation sites is 1. The van der Waals surface area contributed by atoms with Crippen LogP contribution >= 0.6 is 22.7 Å². The van der Waals surface area contributed by atoms with Crippen LogP contribution in [0.25, 0.3) is 33.0 Å². The molecule has 4 heterocycles. The lowest BCUT2D eigenvalue weighted by molar-refractivity contribution is -0.144. The van der Waals surface area contributed by atoms with Crippen LogP contribution in [0.5, 0.6) is 0 Å². The fraction of sp³-hybridized carbons (Fsp3) is 0.370. The molecule has 1 atom stereocenters. The Hall–Kier alpha value is -3.05. The van der Waals surface area contributed by atoms with E-state index in [1.165, 1.54) is 22.7 Å². The number of hydrogen-bond acceptors (Lipinski definition) is 8. The Labute approximate surface area is 223 Å². The summed E-state index contributed by atoms with van der Waals surface area (Å²) >= 11 is 2.93. The molecule has 0 saturated carbocycles. The topological polar surface area (TPSA) is 98.9 Å². The summed E-state index contributed by atoms with van der Waals surface area (Å²) in [7, 11) is 0. The number of carboxylic acid groups (broad SMARTS) is 1. The van der Waals surface area contributed by atoms with Gasteiger partial charge in [0.05, 0.1) is 0 Å². The third-order valence-electron chi connectivity index (χ3n) is 6.74. The van der Waals surface area contributed by atoms with Crippen LogP contribution in [0.15, 0.2) is 51.6 Å². The van der Waals surface area contributed by atoms with Crippen molar-refractivity contribution in [3.63, 3.8) is 0 Å². The maximum Gasteiger partial charge on any atom is 0.320 e. The smallest absolute Gasteiger partial charge is 0.320 e. The Balaban J connectivity index is 1.12. The zero-order chi connectivity index (χ0) is 25.8. The molecule has 4 aromatic rings. The number of nitrogens with one attached hydrogen (secondary N) is 1. The molecule has 1 aromatic carbocycles. The molecule has 1 aliphatic rings. The van der Waals surface area contributed by atoms with Crippen LogP contribution in [0.4, 0.5) is 0 Å². The van der Waals surface area contributed by atoms with E-state index in [-0.39, 0.29) is 5.91 Å². The molecule has 0 aliphatic carbocycles.